The second kappa shape index (κ2) is 8.25. The fourth-order valence-corrected chi connectivity index (χ4v) is 6.24. The summed E-state index contributed by atoms with van der Waals surface area (Å²) < 4.78 is 12.4. The second-order valence-electron chi connectivity index (χ2n) is 11.9. The van der Waals surface area contributed by atoms with Crippen LogP contribution in [-0.2, 0) is 4.65 Å². The van der Waals surface area contributed by atoms with Crippen LogP contribution in [0.1, 0.15) is 64.9 Å². The van der Waals surface area contributed by atoms with E-state index in [-0.39, 0.29) is 0 Å². The SMILES string of the molecule is CC(C)(O)C(C)(C)OBc1cccc2oc3ccc(-c4cccc(C5CC6CCC5C6)c4)cc3c12. The average Bonchev–Trinajstić information content (AvgIpc) is 3.56. The molecule has 1 N–H and O–H groups in total. The van der Waals surface area contributed by atoms with Crippen molar-refractivity contribution in [2.45, 2.75) is 70.5 Å². The quantitative estimate of drug-likeness (QED) is 0.322. The van der Waals surface area contributed by atoms with Crippen molar-refractivity contribution >= 4 is 34.9 Å². The fourth-order valence-electron chi connectivity index (χ4n) is 6.24. The highest BCUT2D eigenvalue weighted by Gasteiger charge is 2.40. The van der Waals surface area contributed by atoms with E-state index in [2.05, 4.69) is 48.5 Å². The summed E-state index contributed by atoms with van der Waals surface area (Å²) in [6.45, 7) is 7.44. The molecule has 35 heavy (non-hydrogen) atoms. The van der Waals surface area contributed by atoms with Crippen LogP contribution < -0.4 is 5.46 Å². The van der Waals surface area contributed by atoms with Crippen molar-refractivity contribution in [1.82, 2.24) is 0 Å². The van der Waals surface area contributed by atoms with Crippen LogP contribution in [-0.4, -0.2) is 23.8 Å². The van der Waals surface area contributed by atoms with Crippen molar-refractivity contribution in [1.29, 1.82) is 0 Å². The zero-order valence-electron chi connectivity index (χ0n) is 21.3. The van der Waals surface area contributed by atoms with E-state index in [1.165, 1.54) is 42.4 Å². The molecule has 1 heterocycles. The first-order chi connectivity index (χ1) is 16.7. The molecule has 3 aromatic carbocycles. The normalized spacial score (nSPS) is 22.4. The van der Waals surface area contributed by atoms with Gasteiger partial charge in [0.05, 0.1) is 11.2 Å². The lowest BCUT2D eigenvalue weighted by Gasteiger charge is -2.37. The zero-order valence-corrected chi connectivity index (χ0v) is 21.3. The maximum absolute atomic E-state index is 10.5. The maximum Gasteiger partial charge on any atom is 0.310 e. The van der Waals surface area contributed by atoms with E-state index in [1.807, 2.05) is 26.0 Å². The van der Waals surface area contributed by atoms with E-state index < -0.39 is 11.2 Å². The number of rotatable bonds is 6. The van der Waals surface area contributed by atoms with Gasteiger partial charge < -0.3 is 14.2 Å². The monoisotopic (exact) mass is 466 g/mol. The average molecular weight is 466 g/mol. The molecule has 180 valence electrons. The third kappa shape index (κ3) is 4.01. The van der Waals surface area contributed by atoms with Gasteiger partial charge in [-0.2, -0.15) is 0 Å². The summed E-state index contributed by atoms with van der Waals surface area (Å²) in [6, 6.07) is 21.9. The third-order valence-corrected chi connectivity index (χ3v) is 9.03. The van der Waals surface area contributed by atoms with E-state index in [9.17, 15) is 5.11 Å². The first-order valence-electron chi connectivity index (χ1n) is 13.1. The molecule has 4 heteroatoms. The summed E-state index contributed by atoms with van der Waals surface area (Å²) >= 11 is 0. The smallest absolute Gasteiger partial charge is 0.310 e. The molecule has 2 fully saturated rings. The fraction of sp³-hybridized carbons (Fsp3) is 0.419. The summed E-state index contributed by atoms with van der Waals surface area (Å²) in [5.41, 5.74) is 5.21. The minimum atomic E-state index is -0.948. The molecule has 3 nitrogen and oxygen atoms in total. The minimum absolute atomic E-state index is 0.410. The molecule has 0 aliphatic heterocycles. The molecular weight excluding hydrogens is 431 g/mol. The molecular formula is C31H35BO3. The van der Waals surface area contributed by atoms with Crippen LogP contribution in [0.25, 0.3) is 33.1 Å². The molecule has 3 unspecified atom stereocenters. The summed E-state index contributed by atoms with van der Waals surface area (Å²) in [6.07, 6.45) is 5.63. The molecule has 2 aliphatic rings. The zero-order chi connectivity index (χ0) is 24.4. The van der Waals surface area contributed by atoms with Crippen LogP contribution >= 0.6 is 0 Å². The Labute approximate surface area is 208 Å². The highest BCUT2D eigenvalue weighted by molar-refractivity contribution is 6.52. The molecule has 2 aliphatic carbocycles. The largest absolute Gasteiger partial charge is 0.456 e. The van der Waals surface area contributed by atoms with Crippen molar-refractivity contribution in [2.75, 3.05) is 0 Å². The lowest BCUT2D eigenvalue weighted by Crippen LogP contribution is -2.49. The second-order valence-corrected chi connectivity index (χ2v) is 11.9. The molecule has 0 radical (unpaired) electrons. The van der Waals surface area contributed by atoms with Crippen molar-refractivity contribution < 1.29 is 14.2 Å². The Kier molecular flexibility index (Phi) is 5.39. The highest BCUT2D eigenvalue weighted by atomic mass is 16.5. The Hall–Kier alpha value is -2.56. The van der Waals surface area contributed by atoms with Gasteiger partial charge in [0, 0.05) is 10.8 Å². The van der Waals surface area contributed by atoms with Gasteiger partial charge in [-0.25, -0.2) is 0 Å². The van der Waals surface area contributed by atoms with E-state index in [0.29, 0.717) is 7.48 Å². The standard InChI is InChI=1S/C31H35BO3/c1-30(2,33)31(3,4)35-32-26-9-6-10-28-29(26)25-18-21(13-14-27(25)34-28)20-7-5-8-22(17-20)24-16-19-11-12-23(24)15-19/h5-10,13-14,17-19,23-24,32-33H,11-12,15-16H2,1-4H3. The third-order valence-electron chi connectivity index (χ3n) is 9.03. The maximum atomic E-state index is 10.5. The topological polar surface area (TPSA) is 42.6 Å². The van der Waals surface area contributed by atoms with E-state index in [0.717, 1.165) is 45.2 Å². The van der Waals surface area contributed by atoms with Crippen LogP contribution in [0.3, 0.4) is 0 Å². The Bertz CT molecular complexity index is 1390. The molecule has 1 aromatic heterocycles. The summed E-state index contributed by atoms with van der Waals surface area (Å²) in [7, 11) is 0.410. The molecule has 4 aromatic rings. The number of fused-ring (bicyclic) bond motifs is 5. The van der Waals surface area contributed by atoms with E-state index in [1.54, 1.807) is 13.8 Å². The first kappa shape index (κ1) is 22.9. The molecule has 3 atom stereocenters. The Morgan fingerprint density at radius 2 is 1.69 bits per heavy atom. The van der Waals surface area contributed by atoms with Gasteiger partial charge in [-0.1, -0.05) is 48.9 Å². The van der Waals surface area contributed by atoms with Gasteiger partial charge in [0.1, 0.15) is 11.2 Å². The molecule has 0 amide bonds. The van der Waals surface area contributed by atoms with Gasteiger partial charge in [0.2, 0.25) is 0 Å². The van der Waals surface area contributed by atoms with Gasteiger partial charge in [0.15, 0.2) is 0 Å². The summed E-state index contributed by atoms with van der Waals surface area (Å²) in [5, 5.41) is 12.7. The molecule has 0 saturated heterocycles. The Balaban J connectivity index is 1.37. The number of hydrogen-bond donors (Lipinski definition) is 1. The molecule has 2 saturated carbocycles. The predicted molar refractivity (Wildman–Crippen MR) is 146 cm³/mol. The van der Waals surface area contributed by atoms with Crippen LogP contribution in [0.5, 0.6) is 0 Å². The predicted octanol–water partition coefficient (Wildman–Crippen LogP) is 6.70. The lowest BCUT2D eigenvalue weighted by atomic mass is 9.80. The van der Waals surface area contributed by atoms with Crippen LogP contribution in [0, 0.1) is 11.8 Å². The van der Waals surface area contributed by atoms with Crippen molar-refractivity contribution in [3.63, 3.8) is 0 Å². The van der Waals surface area contributed by atoms with Crippen LogP contribution in [0.4, 0.5) is 0 Å². The van der Waals surface area contributed by atoms with Gasteiger partial charge >= 0.3 is 7.48 Å². The summed E-state index contributed by atoms with van der Waals surface area (Å²) in [4.78, 5) is 0. The molecule has 6 rings (SSSR count). The van der Waals surface area contributed by atoms with Crippen molar-refractivity contribution in [3.05, 3.63) is 66.2 Å². The molecule has 2 bridgehead atoms. The van der Waals surface area contributed by atoms with Gasteiger partial charge in [0.25, 0.3) is 0 Å². The summed E-state index contributed by atoms with van der Waals surface area (Å²) in [5.74, 6) is 2.56. The first-order valence-corrected chi connectivity index (χ1v) is 13.1. The van der Waals surface area contributed by atoms with E-state index >= 15 is 0 Å². The number of furan rings is 1. The minimum Gasteiger partial charge on any atom is -0.456 e. The van der Waals surface area contributed by atoms with Crippen molar-refractivity contribution in [3.8, 4) is 11.1 Å². The molecule has 0 spiro atoms. The van der Waals surface area contributed by atoms with E-state index in [4.69, 9.17) is 9.07 Å². The van der Waals surface area contributed by atoms with Crippen molar-refractivity contribution in [2.24, 2.45) is 11.8 Å². The van der Waals surface area contributed by atoms with Gasteiger partial charge in [-0.3, -0.25) is 0 Å². The number of aliphatic hydroxyl groups is 1. The van der Waals surface area contributed by atoms with Crippen LogP contribution in [0.15, 0.2) is 65.1 Å². The highest BCUT2D eigenvalue weighted by Crippen LogP contribution is 2.53. The van der Waals surface area contributed by atoms with Gasteiger partial charge in [-0.05, 0) is 105 Å². The van der Waals surface area contributed by atoms with Gasteiger partial charge in [-0.15, -0.1) is 0 Å². The lowest BCUT2D eigenvalue weighted by molar-refractivity contribution is -0.0893. The Morgan fingerprint density at radius 3 is 2.43 bits per heavy atom. The van der Waals surface area contributed by atoms with Crippen LogP contribution in [0.2, 0.25) is 0 Å². The number of hydrogen-bond acceptors (Lipinski definition) is 3. The number of benzene rings is 3. The Morgan fingerprint density at radius 1 is 0.886 bits per heavy atom.